The van der Waals surface area contributed by atoms with E-state index in [1.165, 1.54) is 5.56 Å². The van der Waals surface area contributed by atoms with Crippen LogP contribution in [-0.2, 0) is 6.54 Å². The fraction of sp³-hybridized carbons (Fsp3) is 0.350. The molecule has 0 aliphatic rings. The van der Waals surface area contributed by atoms with Crippen LogP contribution in [0.15, 0.2) is 42.7 Å². The van der Waals surface area contributed by atoms with Crippen LogP contribution in [0.2, 0.25) is 0 Å². The Balaban J connectivity index is 1.77. The highest BCUT2D eigenvalue weighted by molar-refractivity contribution is 5.62. The molecule has 0 spiro atoms. The van der Waals surface area contributed by atoms with Crippen molar-refractivity contribution in [2.24, 2.45) is 0 Å². The Labute approximate surface area is 165 Å². The van der Waals surface area contributed by atoms with Gasteiger partial charge in [0.1, 0.15) is 11.6 Å². The van der Waals surface area contributed by atoms with Gasteiger partial charge in [0.25, 0.3) is 0 Å². The van der Waals surface area contributed by atoms with Crippen molar-refractivity contribution in [1.82, 2.24) is 24.6 Å². The van der Waals surface area contributed by atoms with Gasteiger partial charge in [-0.3, -0.25) is 4.68 Å². The van der Waals surface area contributed by atoms with Crippen molar-refractivity contribution in [2.45, 2.75) is 19.5 Å². The number of likely N-dealkylation sites (N-methyl/N-ethyl adjacent to an activating group) is 1. The first-order chi connectivity index (χ1) is 13.5. The Morgan fingerprint density at radius 1 is 1.21 bits per heavy atom. The van der Waals surface area contributed by atoms with Gasteiger partial charge in [-0.05, 0) is 38.7 Å². The number of anilines is 2. The quantitative estimate of drug-likeness (QED) is 0.619. The Morgan fingerprint density at radius 2 is 1.96 bits per heavy atom. The first kappa shape index (κ1) is 19.6. The van der Waals surface area contributed by atoms with Crippen molar-refractivity contribution in [2.75, 3.05) is 38.8 Å². The van der Waals surface area contributed by atoms with Crippen molar-refractivity contribution in [3.05, 3.63) is 48.3 Å². The van der Waals surface area contributed by atoms with Gasteiger partial charge in [0, 0.05) is 30.9 Å². The number of nitrogen functional groups attached to an aromatic ring is 1. The molecule has 3 rings (SSSR count). The SMILES string of the molecule is CCn1cc(-c2cc(NCC(c3ccc(OC)cc3)N(C)C)nc(N)n2)cn1. The molecule has 1 unspecified atom stereocenters. The van der Waals surface area contributed by atoms with Gasteiger partial charge in [-0.2, -0.15) is 10.1 Å². The molecule has 8 heteroatoms. The highest BCUT2D eigenvalue weighted by Gasteiger charge is 2.15. The third kappa shape index (κ3) is 4.58. The molecule has 1 aromatic carbocycles. The van der Waals surface area contributed by atoms with Gasteiger partial charge in [-0.1, -0.05) is 12.1 Å². The summed E-state index contributed by atoms with van der Waals surface area (Å²) < 4.78 is 7.10. The van der Waals surface area contributed by atoms with Gasteiger partial charge in [0.2, 0.25) is 5.95 Å². The highest BCUT2D eigenvalue weighted by Crippen LogP contribution is 2.24. The maximum Gasteiger partial charge on any atom is 0.222 e. The average molecular weight is 381 g/mol. The summed E-state index contributed by atoms with van der Waals surface area (Å²) >= 11 is 0. The van der Waals surface area contributed by atoms with E-state index in [1.807, 2.05) is 36.0 Å². The number of nitrogens with one attached hydrogen (secondary N) is 1. The molecule has 28 heavy (non-hydrogen) atoms. The molecule has 2 aromatic heterocycles. The van der Waals surface area contributed by atoms with E-state index in [-0.39, 0.29) is 12.0 Å². The topological polar surface area (TPSA) is 94.1 Å². The van der Waals surface area contributed by atoms with Crippen LogP contribution in [0.1, 0.15) is 18.5 Å². The molecule has 1 atom stereocenters. The largest absolute Gasteiger partial charge is 0.497 e. The average Bonchev–Trinajstić information content (AvgIpc) is 3.17. The van der Waals surface area contributed by atoms with Gasteiger partial charge >= 0.3 is 0 Å². The molecule has 3 aromatic rings. The molecular formula is C20H27N7O. The van der Waals surface area contributed by atoms with E-state index < -0.39 is 0 Å². The number of aromatic nitrogens is 4. The molecule has 0 saturated heterocycles. The summed E-state index contributed by atoms with van der Waals surface area (Å²) in [5, 5.41) is 7.69. The molecule has 148 valence electrons. The van der Waals surface area contributed by atoms with Crippen LogP contribution in [0, 0.1) is 0 Å². The van der Waals surface area contributed by atoms with E-state index in [9.17, 15) is 0 Å². The van der Waals surface area contributed by atoms with Crippen molar-refractivity contribution >= 4 is 11.8 Å². The molecular weight excluding hydrogens is 354 g/mol. The molecule has 0 fully saturated rings. The zero-order chi connectivity index (χ0) is 20.1. The minimum Gasteiger partial charge on any atom is -0.497 e. The second-order valence-corrected chi connectivity index (χ2v) is 6.71. The molecule has 0 radical (unpaired) electrons. The Bertz CT molecular complexity index is 905. The number of aryl methyl sites for hydroxylation is 1. The predicted molar refractivity (Wildman–Crippen MR) is 111 cm³/mol. The van der Waals surface area contributed by atoms with Gasteiger partial charge in [0.05, 0.1) is 25.0 Å². The summed E-state index contributed by atoms with van der Waals surface area (Å²) in [6.45, 7) is 3.51. The van der Waals surface area contributed by atoms with Gasteiger partial charge in [-0.25, -0.2) is 4.98 Å². The van der Waals surface area contributed by atoms with Crippen LogP contribution in [-0.4, -0.2) is 52.4 Å². The molecule has 0 aliphatic carbocycles. The lowest BCUT2D eigenvalue weighted by Gasteiger charge is -2.25. The van der Waals surface area contributed by atoms with E-state index in [4.69, 9.17) is 10.5 Å². The fourth-order valence-corrected chi connectivity index (χ4v) is 3.00. The third-order valence-corrected chi connectivity index (χ3v) is 4.60. The lowest BCUT2D eigenvalue weighted by molar-refractivity contribution is 0.311. The number of methoxy groups -OCH3 is 1. The summed E-state index contributed by atoms with van der Waals surface area (Å²) in [5.74, 6) is 1.76. The summed E-state index contributed by atoms with van der Waals surface area (Å²) in [6.07, 6.45) is 3.74. The zero-order valence-electron chi connectivity index (χ0n) is 16.8. The highest BCUT2D eigenvalue weighted by atomic mass is 16.5. The Morgan fingerprint density at radius 3 is 2.57 bits per heavy atom. The molecule has 2 heterocycles. The standard InChI is InChI=1S/C20H27N7O/c1-5-27-13-15(11-23-27)17-10-19(25-20(21)24-17)22-12-18(26(2)3)14-6-8-16(28-4)9-7-14/h6-11,13,18H,5,12H2,1-4H3,(H3,21,22,24,25). The molecule has 8 nitrogen and oxygen atoms in total. The Kier molecular flexibility index (Phi) is 6.10. The van der Waals surface area contributed by atoms with Crippen LogP contribution in [0.5, 0.6) is 5.75 Å². The number of nitrogens with two attached hydrogens (primary N) is 1. The molecule has 0 amide bonds. The normalized spacial score (nSPS) is 12.2. The number of hydrogen-bond donors (Lipinski definition) is 2. The molecule has 0 saturated carbocycles. The van der Waals surface area contributed by atoms with E-state index in [1.54, 1.807) is 13.3 Å². The van der Waals surface area contributed by atoms with Crippen molar-refractivity contribution < 1.29 is 4.74 Å². The van der Waals surface area contributed by atoms with Gasteiger partial charge in [-0.15, -0.1) is 0 Å². The minimum atomic E-state index is 0.161. The maximum absolute atomic E-state index is 5.93. The molecule has 0 aliphatic heterocycles. The first-order valence-electron chi connectivity index (χ1n) is 9.21. The number of nitrogens with zero attached hydrogens (tertiary/aromatic N) is 5. The number of benzene rings is 1. The number of hydrogen-bond acceptors (Lipinski definition) is 7. The first-order valence-corrected chi connectivity index (χ1v) is 9.21. The molecule has 3 N–H and O–H groups in total. The lowest BCUT2D eigenvalue weighted by Crippen LogP contribution is -2.27. The van der Waals surface area contributed by atoms with E-state index in [2.05, 4.69) is 51.5 Å². The van der Waals surface area contributed by atoms with Crippen LogP contribution in [0.25, 0.3) is 11.3 Å². The smallest absolute Gasteiger partial charge is 0.222 e. The van der Waals surface area contributed by atoms with E-state index >= 15 is 0 Å². The Hall–Kier alpha value is -3.13. The monoisotopic (exact) mass is 381 g/mol. The summed E-state index contributed by atoms with van der Waals surface area (Å²) in [4.78, 5) is 10.8. The van der Waals surface area contributed by atoms with Crippen molar-refractivity contribution in [3.8, 4) is 17.0 Å². The van der Waals surface area contributed by atoms with E-state index in [0.717, 1.165) is 23.6 Å². The summed E-state index contributed by atoms with van der Waals surface area (Å²) in [7, 11) is 5.77. The van der Waals surface area contributed by atoms with E-state index in [0.29, 0.717) is 12.4 Å². The van der Waals surface area contributed by atoms with Crippen LogP contribution < -0.4 is 15.8 Å². The van der Waals surface area contributed by atoms with Crippen LogP contribution in [0.4, 0.5) is 11.8 Å². The van der Waals surface area contributed by atoms with Gasteiger partial charge < -0.3 is 20.7 Å². The zero-order valence-corrected chi connectivity index (χ0v) is 16.8. The van der Waals surface area contributed by atoms with Gasteiger partial charge in [0.15, 0.2) is 0 Å². The maximum atomic E-state index is 5.93. The van der Waals surface area contributed by atoms with Crippen LogP contribution >= 0.6 is 0 Å². The minimum absolute atomic E-state index is 0.161. The lowest BCUT2D eigenvalue weighted by atomic mass is 10.1. The summed E-state index contributed by atoms with van der Waals surface area (Å²) in [5.41, 5.74) is 8.78. The predicted octanol–water partition coefficient (Wildman–Crippen LogP) is 2.67. The van der Waals surface area contributed by atoms with Crippen molar-refractivity contribution in [3.63, 3.8) is 0 Å². The molecule has 0 bridgehead atoms. The van der Waals surface area contributed by atoms with Crippen LogP contribution in [0.3, 0.4) is 0 Å². The number of rotatable bonds is 8. The number of ether oxygens (including phenoxy) is 1. The fourth-order valence-electron chi connectivity index (χ4n) is 3.00. The third-order valence-electron chi connectivity index (χ3n) is 4.60. The second kappa shape index (κ2) is 8.71. The van der Waals surface area contributed by atoms with Crippen molar-refractivity contribution in [1.29, 1.82) is 0 Å². The summed E-state index contributed by atoms with van der Waals surface area (Å²) in [6, 6.07) is 10.1. The second-order valence-electron chi connectivity index (χ2n) is 6.71.